The van der Waals surface area contributed by atoms with Gasteiger partial charge in [0.1, 0.15) is 16.5 Å². The molecule has 4 heterocycles. The zero-order valence-electron chi connectivity index (χ0n) is 18.7. The van der Waals surface area contributed by atoms with E-state index in [9.17, 15) is 14.7 Å². The quantitative estimate of drug-likeness (QED) is 0.623. The highest BCUT2D eigenvalue weighted by Gasteiger charge is 2.33. The molecule has 2 fully saturated rings. The summed E-state index contributed by atoms with van der Waals surface area (Å²) in [5.41, 5.74) is 1.18. The average molecular weight is 465 g/mol. The molecule has 2 aliphatic heterocycles. The van der Waals surface area contributed by atoms with Crippen molar-refractivity contribution in [3.05, 3.63) is 42.2 Å². The number of anilines is 1. The lowest BCUT2D eigenvalue weighted by Gasteiger charge is -2.37. The molecule has 7 nitrogen and oxygen atoms in total. The molecule has 8 heteroatoms. The molecular weight excluding hydrogens is 436 g/mol. The van der Waals surface area contributed by atoms with Crippen LogP contribution in [-0.2, 0) is 9.59 Å². The molecule has 2 aromatic heterocycles. The number of thiophene rings is 1. The zero-order chi connectivity index (χ0) is 22.9. The minimum atomic E-state index is -0.745. The second kappa shape index (κ2) is 9.09. The normalized spacial score (nSPS) is 18.1. The summed E-state index contributed by atoms with van der Waals surface area (Å²) in [4.78, 5) is 40.0. The Kier molecular flexibility index (Phi) is 6.01. The molecule has 172 valence electrons. The first-order valence-corrected chi connectivity index (χ1v) is 12.4. The van der Waals surface area contributed by atoms with Crippen molar-refractivity contribution in [1.82, 2.24) is 14.9 Å². The number of benzene rings is 1. The summed E-state index contributed by atoms with van der Waals surface area (Å²) in [6.45, 7) is 4.60. The van der Waals surface area contributed by atoms with E-state index in [0.29, 0.717) is 25.9 Å². The van der Waals surface area contributed by atoms with Gasteiger partial charge in [-0.15, -0.1) is 11.3 Å². The summed E-state index contributed by atoms with van der Waals surface area (Å²) >= 11 is 1.69. The number of amides is 1. The number of hydrogen-bond donors (Lipinski definition) is 1. The van der Waals surface area contributed by atoms with Crippen LogP contribution in [0.25, 0.3) is 20.7 Å². The van der Waals surface area contributed by atoms with Gasteiger partial charge in [0, 0.05) is 37.0 Å². The third-order valence-corrected chi connectivity index (χ3v) is 7.92. The van der Waals surface area contributed by atoms with Gasteiger partial charge in [0.25, 0.3) is 0 Å². The fourth-order valence-electron chi connectivity index (χ4n) is 4.94. The van der Waals surface area contributed by atoms with Crippen LogP contribution in [0.1, 0.15) is 31.5 Å². The molecule has 1 amide bonds. The molecule has 0 spiro atoms. The average Bonchev–Trinajstić information content (AvgIpc) is 3.28. The molecule has 2 saturated heterocycles. The van der Waals surface area contributed by atoms with Crippen LogP contribution in [0.2, 0.25) is 0 Å². The third-order valence-electron chi connectivity index (χ3n) is 6.84. The van der Waals surface area contributed by atoms with E-state index in [1.54, 1.807) is 11.3 Å². The summed E-state index contributed by atoms with van der Waals surface area (Å²) in [6, 6.07) is 12.5. The molecule has 33 heavy (non-hydrogen) atoms. The van der Waals surface area contributed by atoms with Crippen LogP contribution in [0.3, 0.4) is 0 Å². The lowest BCUT2D eigenvalue weighted by Crippen LogP contribution is -2.46. The van der Waals surface area contributed by atoms with Gasteiger partial charge in [0.15, 0.2) is 0 Å². The van der Waals surface area contributed by atoms with Crippen LogP contribution in [0, 0.1) is 18.8 Å². The largest absolute Gasteiger partial charge is 0.481 e. The maximum atomic E-state index is 13.0. The van der Waals surface area contributed by atoms with Crippen molar-refractivity contribution in [2.75, 3.05) is 31.1 Å². The van der Waals surface area contributed by atoms with E-state index in [2.05, 4.69) is 28.1 Å². The highest BCUT2D eigenvalue weighted by molar-refractivity contribution is 7.21. The number of aliphatic carboxylic acids is 1. The number of carbonyl (C=O) groups is 2. The highest BCUT2D eigenvalue weighted by Crippen LogP contribution is 2.37. The summed E-state index contributed by atoms with van der Waals surface area (Å²) in [6.07, 6.45) is 2.69. The first-order chi connectivity index (χ1) is 16.0. The number of carbonyl (C=O) groups excluding carboxylic acids is 1. The number of carboxylic acids is 1. The molecule has 2 aliphatic rings. The van der Waals surface area contributed by atoms with E-state index in [0.717, 1.165) is 47.8 Å². The highest BCUT2D eigenvalue weighted by atomic mass is 32.1. The minimum Gasteiger partial charge on any atom is -0.481 e. The van der Waals surface area contributed by atoms with Crippen molar-refractivity contribution in [2.45, 2.75) is 32.6 Å². The summed E-state index contributed by atoms with van der Waals surface area (Å²) in [7, 11) is 0. The van der Waals surface area contributed by atoms with Gasteiger partial charge in [-0.25, -0.2) is 9.97 Å². The van der Waals surface area contributed by atoms with Crippen LogP contribution in [0.4, 0.5) is 5.82 Å². The van der Waals surface area contributed by atoms with Crippen molar-refractivity contribution < 1.29 is 14.7 Å². The van der Waals surface area contributed by atoms with E-state index in [-0.39, 0.29) is 17.7 Å². The Morgan fingerprint density at radius 3 is 2.30 bits per heavy atom. The molecule has 0 saturated carbocycles. The maximum Gasteiger partial charge on any atom is 0.306 e. The number of hydrogen-bond acceptors (Lipinski definition) is 6. The SMILES string of the molecule is Cc1nc(N2CCC(C(=O)N3CCC(C(=O)O)CC3)CC2)c2cc(-c3ccccc3)sc2n1. The molecule has 0 unspecified atom stereocenters. The number of piperidine rings is 2. The molecule has 1 aromatic carbocycles. The van der Waals surface area contributed by atoms with Gasteiger partial charge >= 0.3 is 5.97 Å². The number of rotatable bonds is 4. The molecule has 3 aromatic rings. The van der Waals surface area contributed by atoms with Gasteiger partial charge in [-0.2, -0.15) is 0 Å². The standard InChI is InChI=1S/C25H28N4O3S/c1-16-26-22(20-15-21(33-23(20)27-16)17-5-3-2-4-6-17)28-11-7-18(8-12-28)24(30)29-13-9-19(10-14-29)25(31)32/h2-6,15,18-19H,7-14H2,1H3,(H,31,32). The second-order valence-corrected chi connectivity index (χ2v) is 10.0. The predicted octanol–water partition coefficient (Wildman–Crippen LogP) is 4.21. The second-order valence-electron chi connectivity index (χ2n) is 8.99. The Labute approximate surface area is 197 Å². The Bertz CT molecular complexity index is 1160. The third kappa shape index (κ3) is 4.44. The molecule has 0 atom stereocenters. The van der Waals surface area contributed by atoms with Crippen LogP contribution in [-0.4, -0.2) is 58.0 Å². The van der Waals surface area contributed by atoms with Crippen LogP contribution >= 0.6 is 11.3 Å². The number of aryl methyl sites for hydroxylation is 1. The maximum absolute atomic E-state index is 13.0. The Balaban J connectivity index is 1.29. The topological polar surface area (TPSA) is 86.6 Å². The van der Waals surface area contributed by atoms with Gasteiger partial charge in [0.2, 0.25) is 5.91 Å². The fourth-order valence-corrected chi connectivity index (χ4v) is 6.02. The lowest BCUT2D eigenvalue weighted by atomic mass is 9.92. The van der Waals surface area contributed by atoms with Gasteiger partial charge in [-0.3, -0.25) is 9.59 Å². The Morgan fingerprint density at radius 2 is 1.64 bits per heavy atom. The number of fused-ring (bicyclic) bond motifs is 1. The predicted molar refractivity (Wildman–Crippen MR) is 129 cm³/mol. The molecule has 0 bridgehead atoms. The number of carboxylic acid groups (broad SMARTS) is 1. The summed E-state index contributed by atoms with van der Waals surface area (Å²) in [5, 5.41) is 10.3. The Morgan fingerprint density at radius 1 is 0.970 bits per heavy atom. The van der Waals surface area contributed by atoms with Crippen molar-refractivity contribution in [2.24, 2.45) is 11.8 Å². The van der Waals surface area contributed by atoms with E-state index < -0.39 is 5.97 Å². The Hall–Kier alpha value is -3.00. The van der Waals surface area contributed by atoms with Gasteiger partial charge < -0.3 is 14.9 Å². The molecule has 1 N–H and O–H groups in total. The number of likely N-dealkylation sites (tertiary alicyclic amines) is 1. The molecule has 5 rings (SSSR count). The van der Waals surface area contributed by atoms with Crippen LogP contribution < -0.4 is 4.90 Å². The van der Waals surface area contributed by atoms with Crippen LogP contribution in [0.5, 0.6) is 0 Å². The van der Waals surface area contributed by atoms with Gasteiger partial charge in [-0.05, 0) is 44.2 Å². The van der Waals surface area contributed by atoms with Crippen molar-refractivity contribution in [3.63, 3.8) is 0 Å². The molecular formula is C25H28N4O3S. The van der Waals surface area contributed by atoms with E-state index >= 15 is 0 Å². The van der Waals surface area contributed by atoms with E-state index in [4.69, 9.17) is 4.98 Å². The number of aromatic nitrogens is 2. The molecule has 0 radical (unpaired) electrons. The molecule has 0 aliphatic carbocycles. The minimum absolute atomic E-state index is 0.00316. The monoisotopic (exact) mass is 464 g/mol. The fraction of sp³-hybridized carbons (Fsp3) is 0.440. The van der Waals surface area contributed by atoms with E-state index in [1.807, 2.05) is 30.0 Å². The van der Waals surface area contributed by atoms with Crippen LogP contribution in [0.15, 0.2) is 36.4 Å². The van der Waals surface area contributed by atoms with Gasteiger partial charge in [-0.1, -0.05) is 30.3 Å². The summed E-state index contributed by atoms with van der Waals surface area (Å²) in [5.74, 6) is 0.854. The van der Waals surface area contributed by atoms with Crippen molar-refractivity contribution >= 4 is 39.2 Å². The summed E-state index contributed by atoms with van der Waals surface area (Å²) < 4.78 is 0. The van der Waals surface area contributed by atoms with Crippen molar-refractivity contribution in [1.29, 1.82) is 0 Å². The first-order valence-electron chi connectivity index (χ1n) is 11.6. The van der Waals surface area contributed by atoms with Gasteiger partial charge in [0.05, 0.1) is 11.3 Å². The van der Waals surface area contributed by atoms with E-state index in [1.165, 1.54) is 10.4 Å². The van der Waals surface area contributed by atoms with Crippen molar-refractivity contribution in [3.8, 4) is 10.4 Å². The zero-order valence-corrected chi connectivity index (χ0v) is 19.6. The smallest absolute Gasteiger partial charge is 0.306 e. The first kappa shape index (κ1) is 21.8. The lowest BCUT2D eigenvalue weighted by molar-refractivity contribution is -0.147. The number of nitrogens with zero attached hydrogens (tertiary/aromatic N) is 4.